The van der Waals surface area contributed by atoms with Crippen LogP contribution in [0.5, 0.6) is 0 Å². The van der Waals surface area contributed by atoms with Gasteiger partial charge in [0.2, 0.25) is 0 Å². The Balaban J connectivity index is 3.64. The maximum absolute atomic E-state index is 10.0. The summed E-state index contributed by atoms with van der Waals surface area (Å²) in [5.41, 5.74) is 5.16. The molecule has 0 unspecified atom stereocenters. The van der Waals surface area contributed by atoms with E-state index in [0.717, 1.165) is 0 Å². The molecule has 0 saturated carbocycles. The molecule has 0 rings (SSSR count). The third-order valence-corrected chi connectivity index (χ3v) is 1.00. The van der Waals surface area contributed by atoms with Gasteiger partial charge < -0.3 is 10.8 Å². The van der Waals surface area contributed by atoms with Crippen molar-refractivity contribution in [2.24, 2.45) is 11.7 Å². The molecule has 0 bridgehead atoms. The second-order valence-electron chi connectivity index (χ2n) is 2.11. The molecule has 0 radical (unpaired) electrons. The molecule has 3 nitrogen and oxygen atoms in total. The van der Waals surface area contributed by atoms with Gasteiger partial charge in [-0.05, 0) is 5.92 Å². The summed E-state index contributed by atoms with van der Waals surface area (Å²) in [5.74, 6) is -0.910. The van der Waals surface area contributed by atoms with Crippen molar-refractivity contribution in [2.75, 3.05) is 0 Å². The number of rotatable bonds is 2. The van der Waals surface area contributed by atoms with Crippen molar-refractivity contribution < 1.29 is 9.90 Å². The van der Waals surface area contributed by atoms with E-state index in [2.05, 4.69) is 0 Å². The molecule has 0 fully saturated rings. The van der Waals surface area contributed by atoms with Gasteiger partial charge in [-0.15, -0.1) is 0 Å². The first kappa shape index (κ1) is 7.43. The Morgan fingerprint density at radius 1 is 1.75 bits per heavy atom. The summed E-state index contributed by atoms with van der Waals surface area (Å²) in [5, 5.41) is 8.23. The lowest BCUT2D eigenvalue weighted by Gasteiger charge is -2.07. The van der Waals surface area contributed by atoms with E-state index in [1.807, 2.05) is 0 Å². The van der Waals surface area contributed by atoms with E-state index in [1.165, 1.54) is 0 Å². The maximum Gasteiger partial charge on any atom is 0.320 e. The van der Waals surface area contributed by atoms with Crippen LogP contribution in [0.4, 0.5) is 0 Å². The Morgan fingerprint density at radius 3 is 2.12 bits per heavy atom. The van der Waals surface area contributed by atoms with Gasteiger partial charge in [-0.2, -0.15) is 0 Å². The van der Waals surface area contributed by atoms with Crippen LogP contribution in [0.1, 0.15) is 13.8 Å². The molecule has 0 aromatic heterocycles. The number of carboxylic acids is 1. The summed E-state index contributed by atoms with van der Waals surface area (Å²) >= 11 is 0. The minimum absolute atomic E-state index is 0.0208. The quantitative estimate of drug-likeness (QED) is 0.540. The minimum Gasteiger partial charge on any atom is -0.480 e. The van der Waals surface area contributed by atoms with Crippen molar-refractivity contribution in [1.82, 2.24) is 0 Å². The Kier molecular flexibility index (Phi) is 2.48. The summed E-state index contributed by atoms with van der Waals surface area (Å²) in [6.07, 6.45) is 0. The zero-order chi connectivity index (χ0) is 6.73. The zero-order valence-corrected chi connectivity index (χ0v) is 5.09. The van der Waals surface area contributed by atoms with Gasteiger partial charge in [0.1, 0.15) is 6.04 Å². The number of hydrogen-bond acceptors (Lipinski definition) is 2. The standard InChI is InChI=1S/C5H11NO2/c1-3(2)4(6)5(7)8/h3-4H,6H2,1-2H3,(H,7,8)/t4-/m0/s1/i4+2. The van der Waals surface area contributed by atoms with Crippen molar-refractivity contribution in [2.45, 2.75) is 19.9 Å². The number of carboxylic acid groups (broad SMARTS) is 1. The summed E-state index contributed by atoms with van der Waals surface area (Å²) in [4.78, 5) is 10.0. The fraction of sp³-hybridized carbons (Fsp3) is 0.800. The van der Waals surface area contributed by atoms with Crippen molar-refractivity contribution in [3.8, 4) is 0 Å². The van der Waals surface area contributed by atoms with Gasteiger partial charge in [0.05, 0.1) is 0 Å². The van der Waals surface area contributed by atoms with E-state index in [-0.39, 0.29) is 5.92 Å². The summed E-state index contributed by atoms with van der Waals surface area (Å²) in [6.45, 7) is 3.55. The fourth-order valence-electron chi connectivity index (χ4n) is 0.285. The number of carbonyl (C=O) groups is 1. The molecular formula is C5H11NO2. The average molecular weight is 119 g/mol. The number of hydrogen-bond donors (Lipinski definition) is 2. The highest BCUT2D eigenvalue weighted by molar-refractivity contribution is 5.73. The van der Waals surface area contributed by atoms with Gasteiger partial charge >= 0.3 is 5.97 Å². The molecule has 0 amide bonds. The van der Waals surface area contributed by atoms with Crippen LogP contribution in [0.15, 0.2) is 0 Å². The Labute approximate surface area is 48.5 Å². The van der Waals surface area contributed by atoms with Gasteiger partial charge in [-0.25, -0.2) is 0 Å². The Morgan fingerprint density at radius 2 is 2.12 bits per heavy atom. The molecule has 0 aromatic rings. The third-order valence-electron chi connectivity index (χ3n) is 1.00. The molecule has 3 heteroatoms. The second-order valence-corrected chi connectivity index (χ2v) is 2.11. The van der Waals surface area contributed by atoms with Gasteiger partial charge in [0.25, 0.3) is 0 Å². The lowest BCUT2D eigenvalue weighted by Crippen LogP contribution is -2.34. The highest BCUT2D eigenvalue weighted by Gasteiger charge is 2.14. The average Bonchev–Trinajstić information content (AvgIpc) is 1.64. The second kappa shape index (κ2) is 2.67. The number of nitrogens with two attached hydrogens (primary N) is 1. The van der Waals surface area contributed by atoms with Crippen LogP contribution in [0.2, 0.25) is 0 Å². The normalized spacial score (nSPS) is 14.0. The van der Waals surface area contributed by atoms with Crippen LogP contribution in [0.25, 0.3) is 0 Å². The largest absolute Gasteiger partial charge is 0.480 e. The monoisotopic (exact) mass is 119 g/mol. The van der Waals surface area contributed by atoms with Gasteiger partial charge in [-0.3, -0.25) is 4.79 Å². The molecular weight excluding hydrogens is 108 g/mol. The van der Waals surface area contributed by atoms with E-state index >= 15 is 0 Å². The van der Waals surface area contributed by atoms with Crippen molar-refractivity contribution >= 4 is 5.97 Å². The molecule has 3 N–H and O–H groups in total. The highest BCUT2D eigenvalue weighted by Crippen LogP contribution is 1.96. The predicted molar refractivity (Wildman–Crippen MR) is 30.4 cm³/mol. The Bertz CT molecular complexity index is 90.4. The molecule has 8 heavy (non-hydrogen) atoms. The van der Waals surface area contributed by atoms with Crippen LogP contribution in [0, 0.1) is 5.92 Å². The van der Waals surface area contributed by atoms with Gasteiger partial charge in [0, 0.05) is 0 Å². The van der Waals surface area contributed by atoms with Gasteiger partial charge in [0.15, 0.2) is 0 Å². The summed E-state index contributed by atoms with van der Waals surface area (Å²) in [6, 6.07) is -0.713. The fourth-order valence-corrected chi connectivity index (χ4v) is 0.285. The molecule has 0 spiro atoms. The molecule has 0 aliphatic rings. The maximum atomic E-state index is 10.0. The van der Waals surface area contributed by atoms with Crippen molar-refractivity contribution in [3.05, 3.63) is 0 Å². The molecule has 0 aliphatic heterocycles. The van der Waals surface area contributed by atoms with Crippen LogP contribution in [-0.2, 0) is 4.79 Å². The van der Waals surface area contributed by atoms with E-state index in [4.69, 9.17) is 10.8 Å². The SMILES string of the molecule is CC(C)[14C@H](N)C(=O)O. The third kappa shape index (κ3) is 1.93. The van der Waals surface area contributed by atoms with E-state index < -0.39 is 12.0 Å². The van der Waals surface area contributed by atoms with Crippen LogP contribution < -0.4 is 5.73 Å². The predicted octanol–water partition coefficient (Wildman–Crippen LogP) is 0.0543. The zero-order valence-electron chi connectivity index (χ0n) is 5.09. The molecule has 0 heterocycles. The minimum atomic E-state index is -0.931. The van der Waals surface area contributed by atoms with E-state index in [9.17, 15) is 4.79 Å². The molecule has 0 aromatic carbocycles. The summed E-state index contributed by atoms with van der Waals surface area (Å²) in [7, 11) is 0. The topological polar surface area (TPSA) is 63.3 Å². The molecule has 0 aliphatic carbocycles. The first-order chi connectivity index (χ1) is 3.55. The lowest BCUT2D eigenvalue weighted by atomic mass is 10.4. The van der Waals surface area contributed by atoms with Crippen molar-refractivity contribution in [1.29, 1.82) is 0 Å². The number of aliphatic carboxylic acids is 1. The van der Waals surface area contributed by atoms with Crippen LogP contribution >= 0.6 is 0 Å². The van der Waals surface area contributed by atoms with E-state index in [1.54, 1.807) is 13.8 Å². The van der Waals surface area contributed by atoms with Crippen molar-refractivity contribution in [3.63, 3.8) is 0 Å². The van der Waals surface area contributed by atoms with E-state index in [0.29, 0.717) is 0 Å². The smallest absolute Gasteiger partial charge is 0.320 e. The molecule has 48 valence electrons. The molecule has 1 atom stereocenters. The van der Waals surface area contributed by atoms with Crippen LogP contribution in [-0.4, -0.2) is 17.1 Å². The Hall–Kier alpha value is -0.570. The summed E-state index contributed by atoms with van der Waals surface area (Å²) < 4.78 is 0. The first-order valence-corrected chi connectivity index (χ1v) is 2.54. The van der Waals surface area contributed by atoms with Gasteiger partial charge in [-0.1, -0.05) is 13.8 Å². The highest BCUT2D eigenvalue weighted by atomic mass is 16.4. The van der Waals surface area contributed by atoms with Crippen LogP contribution in [0.3, 0.4) is 0 Å². The lowest BCUT2D eigenvalue weighted by molar-refractivity contribution is -0.139. The first-order valence-electron chi connectivity index (χ1n) is 2.54. The molecule has 0 saturated heterocycles.